The average molecular weight is 250 g/mol. The Kier molecular flexibility index (Phi) is 3.72. The zero-order valence-electron chi connectivity index (χ0n) is 9.57. The maximum atomic E-state index is 13.3. The van der Waals surface area contributed by atoms with Crippen molar-refractivity contribution in [3.8, 4) is 0 Å². The summed E-state index contributed by atoms with van der Waals surface area (Å²) >= 11 is 0. The monoisotopic (exact) mass is 250 g/mol. The number of pyridine rings is 1. The SMILES string of the molecule is O=c1ccccn1CCNc1cc(F)ccc1F. The molecule has 0 aliphatic carbocycles. The minimum Gasteiger partial charge on any atom is -0.381 e. The molecule has 0 aliphatic rings. The van der Waals surface area contributed by atoms with Crippen molar-refractivity contribution in [1.82, 2.24) is 4.57 Å². The zero-order chi connectivity index (χ0) is 13.0. The van der Waals surface area contributed by atoms with Crippen LogP contribution in [0.2, 0.25) is 0 Å². The Morgan fingerprint density at radius 3 is 2.78 bits per heavy atom. The maximum absolute atomic E-state index is 13.3. The van der Waals surface area contributed by atoms with Crippen molar-refractivity contribution >= 4 is 5.69 Å². The number of aromatic nitrogens is 1. The number of benzene rings is 1. The summed E-state index contributed by atoms with van der Waals surface area (Å²) < 4.78 is 27.7. The van der Waals surface area contributed by atoms with E-state index in [9.17, 15) is 13.6 Å². The third kappa shape index (κ3) is 2.94. The molecule has 0 spiro atoms. The number of halogens is 2. The van der Waals surface area contributed by atoms with Gasteiger partial charge in [-0.3, -0.25) is 4.79 Å². The largest absolute Gasteiger partial charge is 0.381 e. The van der Waals surface area contributed by atoms with Crippen molar-refractivity contribution in [2.45, 2.75) is 6.54 Å². The summed E-state index contributed by atoms with van der Waals surface area (Å²) in [5.74, 6) is -1.02. The van der Waals surface area contributed by atoms with Gasteiger partial charge in [-0.15, -0.1) is 0 Å². The summed E-state index contributed by atoms with van der Waals surface area (Å²) in [5.41, 5.74) is -0.0296. The number of rotatable bonds is 4. The Hall–Kier alpha value is -2.17. The fraction of sp³-hybridized carbons (Fsp3) is 0.154. The molecular weight excluding hydrogens is 238 g/mol. The molecule has 3 nitrogen and oxygen atoms in total. The number of hydrogen-bond acceptors (Lipinski definition) is 2. The Balaban J connectivity index is 1.99. The lowest BCUT2D eigenvalue weighted by Gasteiger charge is -2.09. The van der Waals surface area contributed by atoms with Crippen molar-refractivity contribution in [3.63, 3.8) is 0 Å². The van der Waals surface area contributed by atoms with Crippen LogP contribution in [-0.2, 0) is 6.54 Å². The maximum Gasteiger partial charge on any atom is 0.250 e. The number of hydrogen-bond donors (Lipinski definition) is 1. The van der Waals surface area contributed by atoms with Crippen molar-refractivity contribution in [2.24, 2.45) is 0 Å². The average Bonchev–Trinajstić information content (AvgIpc) is 2.36. The number of nitrogens with zero attached hydrogens (tertiary/aromatic N) is 1. The molecule has 0 aliphatic heterocycles. The molecule has 0 radical (unpaired) electrons. The van der Waals surface area contributed by atoms with Gasteiger partial charge < -0.3 is 9.88 Å². The quantitative estimate of drug-likeness (QED) is 0.903. The van der Waals surface area contributed by atoms with Gasteiger partial charge in [0, 0.05) is 25.4 Å². The van der Waals surface area contributed by atoms with E-state index < -0.39 is 11.6 Å². The molecular formula is C13H12F2N2O. The van der Waals surface area contributed by atoms with Gasteiger partial charge in [0.25, 0.3) is 5.56 Å². The summed E-state index contributed by atoms with van der Waals surface area (Å²) in [6, 6.07) is 8.04. The molecule has 0 unspecified atom stereocenters. The van der Waals surface area contributed by atoms with Crippen LogP contribution in [0.25, 0.3) is 0 Å². The first-order valence-corrected chi connectivity index (χ1v) is 5.51. The first-order chi connectivity index (χ1) is 8.66. The molecule has 1 N–H and O–H groups in total. The second-order valence-corrected chi connectivity index (χ2v) is 3.78. The highest BCUT2D eigenvalue weighted by Gasteiger charge is 2.02. The highest BCUT2D eigenvalue weighted by molar-refractivity contribution is 5.44. The minimum atomic E-state index is -0.517. The van der Waals surface area contributed by atoms with E-state index >= 15 is 0 Å². The standard InChI is InChI=1S/C13H12F2N2O/c14-10-4-5-11(15)12(9-10)16-6-8-17-7-2-1-3-13(17)18/h1-5,7,9,16H,6,8H2. The zero-order valence-corrected chi connectivity index (χ0v) is 9.57. The predicted molar refractivity (Wildman–Crippen MR) is 65.5 cm³/mol. The molecule has 0 amide bonds. The molecule has 0 bridgehead atoms. The van der Waals surface area contributed by atoms with E-state index in [1.807, 2.05) is 0 Å². The van der Waals surface area contributed by atoms with Crippen molar-refractivity contribution < 1.29 is 8.78 Å². The summed E-state index contributed by atoms with van der Waals surface area (Å²) in [6.45, 7) is 0.722. The third-order valence-electron chi connectivity index (χ3n) is 2.50. The van der Waals surface area contributed by atoms with Gasteiger partial charge in [0.2, 0.25) is 0 Å². The smallest absolute Gasteiger partial charge is 0.250 e. The van der Waals surface area contributed by atoms with Gasteiger partial charge in [0.15, 0.2) is 0 Å². The van der Waals surface area contributed by atoms with Crippen LogP contribution in [0.15, 0.2) is 47.4 Å². The second-order valence-electron chi connectivity index (χ2n) is 3.78. The van der Waals surface area contributed by atoms with Crippen LogP contribution in [0.4, 0.5) is 14.5 Å². The van der Waals surface area contributed by atoms with Crippen LogP contribution >= 0.6 is 0 Å². The van der Waals surface area contributed by atoms with E-state index in [1.165, 1.54) is 10.6 Å². The van der Waals surface area contributed by atoms with Crippen LogP contribution in [0.1, 0.15) is 0 Å². The fourth-order valence-electron chi connectivity index (χ4n) is 1.59. The van der Waals surface area contributed by atoms with Crippen LogP contribution in [0.3, 0.4) is 0 Å². The molecule has 18 heavy (non-hydrogen) atoms. The minimum absolute atomic E-state index is 0.0963. The second kappa shape index (κ2) is 5.44. The van der Waals surface area contributed by atoms with E-state index in [2.05, 4.69) is 5.32 Å². The first kappa shape index (κ1) is 12.3. The van der Waals surface area contributed by atoms with Gasteiger partial charge in [-0.25, -0.2) is 8.78 Å². The van der Waals surface area contributed by atoms with Crippen LogP contribution < -0.4 is 10.9 Å². The first-order valence-electron chi connectivity index (χ1n) is 5.51. The molecule has 0 fully saturated rings. The summed E-state index contributed by atoms with van der Waals surface area (Å²) in [4.78, 5) is 11.4. The topological polar surface area (TPSA) is 34.0 Å². The summed E-state index contributed by atoms with van der Waals surface area (Å²) in [7, 11) is 0. The Labute approximate surface area is 103 Å². The number of anilines is 1. The fourth-order valence-corrected chi connectivity index (χ4v) is 1.59. The van der Waals surface area contributed by atoms with Gasteiger partial charge in [0.05, 0.1) is 5.69 Å². The van der Waals surface area contributed by atoms with Crippen molar-refractivity contribution in [3.05, 3.63) is 64.6 Å². The van der Waals surface area contributed by atoms with E-state index in [4.69, 9.17) is 0 Å². The highest BCUT2D eigenvalue weighted by atomic mass is 19.1. The normalized spacial score (nSPS) is 10.3. The molecule has 1 aromatic carbocycles. The van der Waals surface area contributed by atoms with Gasteiger partial charge in [-0.2, -0.15) is 0 Å². The molecule has 1 aromatic heterocycles. The molecule has 0 saturated carbocycles. The Bertz CT molecular complexity index is 596. The van der Waals surface area contributed by atoms with E-state index in [1.54, 1.807) is 18.3 Å². The van der Waals surface area contributed by atoms with Crippen LogP contribution in [0, 0.1) is 11.6 Å². The van der Waals surface area contributed by atoms with Crippen LogP contribution in [-0.4, -0.2) is 11.1 Å². The van der Waals surface area contributed by atoms with Crippen molar-refractivity contribution in [2.75, 3.05) is 11.9 Å². The third-order valence-corrected chi connectivity index (χ3v) is 2.50. The molecule has 2 rings (SSSR count). The predicted octanol–water partition coefficient (Wildman–Crippen LogP) is 2.24. The van der Waals surface area contributed by atoms with Gasteiger partial charge >= 0.3 is 0 Å². The van der Waals surface area contributed by atoms with E-state index in [0.29, 0.717) is 13.1 Å². The van der Waals surface area contributed by atoms with Crippen LogP contribution in [0.5, 0.6) is 0 Å². The van der Waals surface area contributed by atoms with Crippen molar-refractivity contribution in [1.29, 1.82) is 0 Å². The van der Waals surface area contributed by atoms with Gasteiger partial charge in [-0.1, -0.05) is 6.07 Å². The summed E-state index contributed by atoms with van der Waals surface area (Å²) in [5, 5.41) is 2.75. The van der Waals surface area contributed by atoms with Gasteiger partial charge in [0.1, 0.15) is 11.6 Å². The molecule has 0 saturated heterocycles. The van der Waals surface area contributed by atoms with E-state index in [-0.39, 0.29) is 11.2 Å². The lowest BCUT2D eigenvalue weighted by molar-refractivity contribution is 0.600. The van der Waals surface area contributed by atoms with E-state index in [0.717, 1.165) is 18.2 Å². The molecule has 1 heterocycles. The molecule has 5 heteroatoms. The lowest BCUT2D eigenvalue weighted by Crippen LogP contribution is -2.22. The number of nitrogens with one attached hydrogen (secondary N) is 1. The van der Waals surface area contributed by atoms with Gasteiger partial charge in [-0.05, 0) is 24.3 Å². The molecule has 94 valence electrons. The Morgan fingerprint density at radius 2 is 2.00 bits per heavy atom. The molecule has 0 atom stereocenters. The Morgan fingerprint density at radius 1 is 1.17 bits per heavy atom. The summed E-state index contributed by atoms with van der Waals surface area (Å²) in [6.07, 6.45) is 1.64. The lowest BCUT2D eigenvalue weighted by atomic mass is 10.3. The molecule has 2 aromatic rings. The highest BCUT2D eigenvalue weighted by Crippen LogP contribution is 2.14.